The van der Waals surface area contributed by atoms with E-state index in [1.54, 1.807) is 0 Å². The molecule has 2 aliphatic heterocycles. The molecule has 1 spiro atoms. The third-order valence-corrected chi connectivity index (χ3v) is 5.02. The number of carboxylic acids is 2. The zero-order valence-corrected chi connectivity index (χ0v) is 16.8. The Kier molecular flexibility index (Phi) is 9.16. The molecule has 2 fully saturated rings. The molecule has 1 saturated carbocycles. The molecule has 16 heteroatoms. The molecule has 1 amide bonds. The van der Waals surface area contributed by atoms with Gasteiger partial charge < -0.3 is 20.8 Å². The van der Waals surface area contributed by atoms with Crippen LogP contribution >= 0.6 is 0 Å². The van der Waals surface area contributed by atoms with E-state index in [0.717, 1.165) is 13.1 Å². The Balaban J connectivity index is 0.000000324. The molecule has 0 aromatic carbocycles. The van der Waals surface area contributed by atoms with Gasteiger partial charge in [0.15, 0.2) is 0 Å². The fourth-order valence-corrected chi connectivity index (χ4v) is 3.23. The van der Waals surface area contributed by atoms with Crippen LogP contribution in [-0.2, 0) is 14.4 Å². The summed E-state index contributed by atoms with van der Waals surface area (Å²) in [5.41, 5.74) is -0.624. The van der Waals surface area contributed by atoms with Crippen molar-refractivity contribution >= 4 is 23.7 Å². The molecule has 190 valence electrons. The SMILES string of the molecule is O=C(O)C(F)(F)F.O=C(O)C(F)(F)F.O=C1NC(C2CCC(F)(F)CC2)=NC12CCNCC2. The molecule has 2 heterocycles. The van der Waals surface area contributed by atoms with E-state index in [2.05, 4.69) is 15.6 Å². The lowest BCUT2D eigenvalue weighted by molar-refractivity contribution is -0.193. The molecular formula is C17H21F8N3O5. The topological polar surface area (TPSA) is 128 Å². The molecule has 3 rings (SSSR count). The van der Waals surface area contributed by atoms with Crippen LogP contribution < -0.4 is 10.6 Å². The molecule has 1 aliphatic carbocycles. The molecule has 0 aromatic heterocycles. The number of carbonyl (C=O) groups excluding carboxylic acids is 1. The second kappa shape index (κ2) is 10.6. The number of aliphatic carboxylic acids is 2. The highest BCUT2D eigenvalue weighted by molar-refractivity contribution is 6.09. The highest BCUT2D eigenvalue weighted by Crippen LogP contribution is 2.38. The van der Waals surface area contributed by atoms with E-state index in [1.165, 1.54) is 0 Å². The number of carbonyl (C=O) groups is 3. The number of nitrogens with one attached hydrogen (secondary N) is 2. The minimum atomic E-state index is -5.08. The molecule has 8 nitrogen and oxygen atoms in total. The number of halogens is 8. The largest absolute Gasteiger partial charge is 0.490 e. The first-order chi connectivity index (χ1) is 14.9. The van der Waals surface area contributed by atoms with Crippen LogP contribution in [0.4, 0.5) is 35.1 Å². The Bertz CT molecular complexity index is 727. The average molecular weight is 499 g/mol. The summed E-state index contributed by atoms with van der Waals surface area (Å²) in [7, 11) is 0. The summed E-state index contributed by atoms with van der Waals surface area (Å²) in [6.45, 7) is 1.57. The van der Waals surface area contributed by atoms with Gasteiger partial charge in [0.25, 0.3) is 5.91 Å². The van der Waals surface area contributed by atoms with Crippen molar-refractivity contribution in [1.29, 1.82) is 0 Å². The zero-order valence-electron chi connectivity index (χ0n) is 16.8. The van der Waals surface area contributed by atoms with E-state index >= 15 is 0 Å². The molecule has 0 atom stereocenters. The number of hydrogen-bond acceptors (Lipinski definition) is 5. The highest BCUT2D eigenvalue weighted by atomic mass is 19.4. The Morgan fingerprint density at radius 1 is 0.879 bits per heavy atom. The van der Waals surface area contributed by atoms with Crippen LogP contribution in [0, 0.1) is 5.92 Å². The number of rotatable bonds is 1. The van der Waals surface area contributed by atoms with Gasteiger partial charge in [-0.25, -0.2) is 18.4 Å². The summed E-state index contributed by atoms with van der Waals surface area (Å²) in [6, 6.07) is 0. The number of alkyl halides is 8. The second-order valence-corrected chi connectivity index (χ2v) is 7.47. The summed E-state index contributed by atoms with van der Waals surface area (Å²) in [6.07, 6.45) is -8.13. The predicted molar refractivity (Wildman–Crippen MR) is 94.7 cm³/mol. The molecule has 0 unspecified atom stereocenters. The Labute approximate surface area is 181 Å². The average Bonchev–Trinajstić information content (AvgIpc) is 2.97. The molecular weight excluding hydrogens is 478 g/mol. The lowest BCUT2D eigenvalue weighted by atomic mass is 9.86. The Hall–Kier alpha value is -2.52. The van der Waals surface area contributed by atoms with Crippen molar-refractivity contribution in [3.63, 3.8) is 0 Å². The molecule has 1 saturated heterocycles. The highest BCUT2D eigenvalue weighted by Gasteiger charge is 2.47. The van der Waals surface area contributed by atoms with Crippen molar-refractivity contribution in [2.24, 2.45) is 10.9 Å². The second-order valence-electron chi connectivity index (χ2n) is 7.47. The molecule has 0 aromatic rings. The molecule has 4 N–H and O–H groups in total. The molecule has 3 aliphatic rings. The number of hydrogen-bond donors (Lipinski definition) is 4. The summed E-state index contributed by atoms with van der Waals surface area (Å²) >= 11 is 0. The van der Waals surface area contributed by atoms with Gasteiger partial charge in [-0.05, 0) is 38.8 Å². The van der Waals surface area contributed by atoms with Gasteiger partial charge >= 0.3 is 24.3 Å². The number of nitrogens with zero attached hydrogens (tertiary/aromatic N) is 1. The first-order valence-corrected chi connectivity index (χ1v) is 9.50. The summed E-state index contributed by atoms with van der Waals surface area (Å²) < 4.78 is 89.8. The summed E-state index contributed by atoms with van der Waals surface area (Å²) in [5.74, 6) is -7.44. The minimum absolute atomic E-state index is 0.00200. The maximum absolute atomic E-state index is 13.2. The fraction of sp³-hybridized carbons (Fsp3) is 0.765. The van der Waals surface area contributed by atoms with E-state index in [0.29, 0.717) is 31.5 Å². The summed E-state index contributed by atoms with van der Waals surface area (Å²) in [4.78, 5) is 34.5. The van der Waals surface area contributed by atoms with E-state index in [9.17, 15) is 39.9 Å². The maximum Gasteiger partial charge on any atom is 0.490 e. The first kappa shape index (κ1) is 28.5. The quantitative estimate of drug-likeness (QED) is 0.411. The number of amidine groups is 1. The van der Waals surface area contributed by atoms with Crippen molar-refractivity contribution in [1.82, 2.24) is 10.6 Å². The molecule has 0 bridgehead atoms. The Morgan fingerprint density at radius 2 is 1.27 bits per heavy atom. The number of aliphatic imine (C=N–C) groups is 1. The van der Waals surface area contributed by atoms with Gasteiger partial charge in [-0.1, -0.05) is 0 Å². The van der Waals surface area contributed by atoms with Crippen molar-refractivity contribution in [3.8, 4) is 0 Å². The van der Waals surface area contributed by atoms with Crippen molar-refractivity contribution < 1.29 is 59.7 Å². The van der Waals surface area contributed by atoms with Crippen LogP contribution in [0.2, 0.25) is 0 Å². The number of amides is 1. The monoisotopic (exact) mass is 499 g/mol. The van der Waals surface area contributed by atoms with Gasteiger partial charge in [0.05, 0.1) is 0 Å². The van der Waals surface area contributed by atoms with Crippen LogP contribution in [0.1, 0.15) is 38.5 Å². The van der Waals surface area contributed by atoms with Crippen LogP contribution in [0.15, 0.2) is 4.99 Å². The number of piperidine rings is 1. The third-order valence-electron chi connectivity index (χ3n) is 5.02. The van der Waals surface area contributed by atoms with Crippen LogP contribution in [-0.4, -0.2) is 70.8 Å². The summed E-state index contributed by atoms with van der Waals surface area (Å²) in [5, 5.41) is 20.3. The van der Waals surface area contributed by atoms with Crippen LogP contribution in [0.5, 0.6) is 0 Å². The van der Waals surface area contributed by atoms with Gasteiger partial charge in [0.1, 0.15) is 11.4 Å². The van der Waals surface area contributed by atoms with E-state index < -0.39 is 35.8 Å². The van der Waals surface area contributed by atoms with Gasteiger partial charge in [-0.3, -0.25) is 9.79 Å². The van der Waals surface area contributed by atoms with E-state index in [4.69, 9.17) is 19.8 Å². The van der Waals surface area contributed by atoms with E-state index in [-0.39, 0.29) is 24.7 Å². The minimum Gasteiger partial charge on any atom is -0.475 e. The number of carboxylic acid groups (broad SMARTS) is 2. The normalized spacial score (nSPS) is 22.2. The third kappa shape index (κ3) is 8.74. The standard InChI is InChI=1S/C13H19F2N3O.2C2HF3O2/c14-13(15)3-1-9(2-4-13)10-17-11(19)12(18-10)5-7-16-8-6-12;2*3-2(4,5)1(6)7/h9,16H,1-8H2,(H,17,18,19);2*(H,6,7). The lowest BCUT2D eigenvalue weighted by Gasteiger charge is -2.28. The zero-order chi connectivity index (χ0) is 25.7. The van der Waals surface area contributed by atoms with Crippen LogP contribution in [0.25, 0.3) is 0 Å². The lowest BCUT2D eigenvalue weighted by Crippen LogP contribution is -2.47. The van der Waals surface area contributed by atoms with Gasteiger partial charge in [0.2, 0.25) is 5.92 Å². The van der Waals surface area contributed by atoms with Crippen LogP contribution in [0.3, 0.4) is 0 Å². The van der Waals surface area contributed by atoms with Gasteiger partial charge in [-0.2, -0.15) is 26.3 Å². The smallest absolute Gasteiger partial charge is 0.475 e. The van der Waals surface area contributed by atoms with Gasteiger partial charge in [0, 0.05) is 18.8 Å². The maximum atomic E-state index is 13.2. The molecule has 33 heavy (non-hydrogen) atoms. The van der Waals surface area contributed by atoms with Crippen molar-refractivity contribution in [2.45, 2.75) is 62.3 Å². The molecule has 0 radical (unpaired) electrons. The van der Waals surface area contributed by atoms with Crippen molar-refractivity contribution in [3.05, 3.63) is 0 Å². The Morgan fingerprint density at radius 3 is 1.64 bits per heavy atom. The van der Waals surface area contributed by atoms with E-state index in [1.807, 2.05) is 0 Å². The van der Waals surface area contributed by atoms with Crippen molar-refractivity contribution in [2.75, 3.05) is 13.1 Å². The fourth-order valence-electron chi connectivity index (χ4n) is 3.23. The van der Waals surface area contributed by atoms with Gasteiger partial charge in [-0.15, -0.1) is 0 Å². The predicted octanol–water partition coefficient (Wildman–Crippen LogP) is 2.73. The first-order valence-electron chi connectivity index (χ1n) is 9.50.